The van der Waals surface area contributed by atoms with Crippen LogP contribution in [0.5, 0.6) is 0 Å². The van der Waals surface area contributed by atoms with E-state index in [0.29, 0.717) is 23.6 Å². The van der Waals surface area contributed by atoms with Crippen molar-refractivity contribution in [2.24, 2.45) is 0 Å². The average molecular weight is 230 g/mol. The maximum atomic E-state index is 12.6. The average Bonchev–Trinajstić information content (AvgIpc) is 2.17. The van der Waals surface area contributed by atoms with Gasteiger partial charge in [-0.15, -0.1) is 0 Å². The smallest absolute Gasteiger partial charge is 0.306 e. The van der Waals surface area contributed by atoms with Crippen LogP contribution in [-0.4, -0.2) is 12.6 Å². The number of ether oxygens (including phenoxy) is 1. The number of carbonyl (C=O) groups excluding carboxylic acids is 1. The molecule has 0 aromatic heterocycles. The van der Waals surface area contributed by atoms with Gasteiger partial charge in [0.1, 0.15) is 5.82 Å². The van der Waals surface area contributed by atoms with Crippen LogP contribution in [0.1, 0.15) is 18.9 Å². The maximum absolute atomic E-state index is 12.6. The van der Waals surface area contributed by atoms with E-state index in [1.165, 1.54) is 12.1 Å². The summed E-state index contributed by atoms with van der Waals surface area (Å²) in [6, 6.07) is 5.03. The summed E-state index contributed by atoms with van der Waals surface area (Å²) in [6.07, 6.45) is 0.682. The molecule has 0 N–H and O–H groups in total. The molecule has 0 bridgehead atoms. The number of aryl methyl sites for hydroxylation is 1. The van der Waals surface area contributed by atoms with Gasteiger partial charge in [-0.2, -0.15) is 0 Å². The van der Waals surface area contributed by atoms with Crippen molar-refractivity contribution in [3.63, 3.8) is 0 Å². The Morgan fingerprint density at radius 1 is 1.67 bits per heavy atom. The summed E-state index contributed by atoms with van der Waals surface area (Å²) in [4.78, 5) is 11.0. The lowest BCUT2D eigenvalue weighted by atomic mass is 10.1. The van der Waals surface area contributed by atoms with Crippen LogP contribution in [-0.2, 0) is 16.0 Å². The Kier molecular flexibility index (Phi) is 4.56. The number of hydrogen-bond acceptors (Lipinski definition) is 2. The normalized spacial score (nSPS) is 10.1. The number of hydrogen-bond donors (Lipinski definition) is 0. The largest absolute Gasteiger partial charge is 0.466 e. The molecule has 0 amide bonds. The summed E-state index contributed by atoms with van der Waals surface area (Å²) in [6.45, 7) is 2.11. The molecular formula is C11H11ClFO2. The van der Waals surface area contributed by atoms with E-state index in [9.17, 15) is 9.18 Å². The van der Waals surface area contributed by atoms with E-state index in [4.69, 9.17) is 16.3 Å². The van der Waals surface area contributed by atoms with Crippen molar-refractivity contribution in [2.75, 3.05) is 6.61 Å². The molecule has 81 valence electrons. The fraction of sp³-hybridized carbons (Fsp3) is 0.364. The molecule has 1 radical (unpaired) electrons. The summed E-state index contributed by atoms with van der Waals surface area (Å²) in [5.41, 5.74) is 0.700. The highest BCUT2D eigenvalue weighted by Crippen LogP contribution is 2.18. The molecule has 0 unspecified atom stereocenters. The van der Waals surface area contributed by atoms with Crippen LogP contribution in [0.15, 0.2) is 12.1 Å². The zero-order chi connectivity index (χ0) is 11.3. The minimum absolute atomic E-state index is 0.243. The highest BCUT2D eigenvalue weighted by Gasteiger charge is 2.06. The summed E-state index contributed by atoms with van der Waals surface area (Å²) >= 11 is 5.78. The highest BCUT2D eigenvalue weighted by atomic mass is 35.5. The lowest BCUT2D eigenvalue weighted by molar-refractivity contribution is -0.143. The second-order valence-corrected chi connectivity index (χ2v) is 3.37. The monoisotopic (exact) mass is 229 g/mol. The number of halogens is 2. The first-order chi connectivity index (χ1) is 7.13. The van der Waals surface area contributed by atoms with Crippen LogP contribution >= 0.6 is 11.6 Å². The Bertz CT molecular complexity index is 352. The first-order valence-electron chi connectivity index (χ1n) is 4.64. The molecule has 0 spiro atoms. The molecule has 1 aromatic carbocycles. The van der Waals surface area contributed by atoms with Gasteiger partial charge >= 0.3 is 5.97 Å². The Hall–Kier alpha value is -1.09. The van der Waals surface area contributed by atoms with Gasteiger partial charge in [-0.25, -0.2) is 4.39 Å². The molecule has 2 nitrogen and oxygen atoms in total. The second-order valence-electron chi connectivity index (χ2n) is 2.96. The molecule has 0 heterocycles. The standard InChI is InChI=1S/C11H11ClFO2/c1-2-15-11(14)6-4-8-3-5-9(13)7-10(8)12/h3,7H,2,4,6H2,1H3. The molecular weight excluding hydrogens is 219 g/mol. The van der Waals surface area contributed by atoms with Crippen LogP contribution in [0.3, 0.4) is 0 Å². The Morgan fingerprint density at radius 2 is 2.40 bits per heavy atom. The van der Waals surface area contributed by atoms with Gasteiger partial charge < -0.3 is 4.74 Å². The molecule has 0 fully saturated rings. The molecule has 15 heavy (non-hydrogen) atoms. The van der Waals surface area contributed by atoms with E-state index in [2.05, 4.69) is 6.07 Å². The van der Waals surface area contributed by atoms with Crippen molar-refractivity contribution in [3.05, 3.63) is 34.6 Å². The zero-order valence-electron chi connectivity index (χ0n) is 8.35. The molecule has 0 saturated carbocycles. The highest BCUT2D eigenvalue weighted by molar-refractivity contribution is 6.31. The third-order valence-electron chi connectivity index (χ3n) is 1.85. The van der Waals surface area contributed by atoms with Crippen molar-refractivity contribution in [1.82, 2.24) is 0 Å². The number of rotatable bonds is 4. The van der Waals surface area contributed by atoms with E-state index >= 15 is 0 Å². The van der Waals surface area contributed by atoms with Crippen LogP contribution in [0.25, 0.3) is 0 Å². The van der Waals surface area contributed by atoms with Gasteiger partial charge in [-0.3, -0.25) is 4.79 Å². The third kappa shape index (κ3) is 3.88. The number of carbonyl (C=O) groups is 1. The summed E-state index contributed by atoms with van der Waals surface area (Å²) in [5.74, 6) is -0.780. The van der Waals surface area contributed by atoms with Gasteiger partial charge in [0.25, 0.3) is 0 Å². The predicted octanol–water partition coefficient (Wildman–Crippen LogP) is 2.77. The maximum Gasteiger partial charge on any atom is 0.306 e. The van der Waals surface area contributed by atoms with Crippen molar-refractivity contribution >= 4 is 17.6 Å². The third-order valence-corrected chi connectivity index (χ3v) is 2.20. The molecule has 0 aliphatic heterocycles. The van der Waals surface area contributed by atoms with Crippen molar-refractivity contribution in [2.45, 2.75) is 19.8 Å². The minimum atomic E-state index is -0.500. The van der Waals surface area contributed by atoms with Crippen molar-refractivity contribution < 1.29 is 13.9 Å². The summed E-state index contributed by atoms with van der Waals surface area (Å²) < 4.78 is 17.4. The van der Waals surface area contributed by atoms with Gasteiger partial charge in [-0.1, -0.05) is 11.6 Å². The van der Waals surface area contributed by atoms with E-state index < -0.39 is 5.82 Å². The SMILES string of the molecule is CCOC(=O)CCc1c[c]c(F)cc1Cl. The van der Waals surface area contributed by atoms with E-state index in [0.717, 1.165) is 0 Å². The zero-order valence-corrected chi connectivity index (χ0v) is 9.10. The van der Waals surface area contributed by atoms with Crippen LogP contribution in [0.2, 0.25) is 5.02 Å². The predicted molar refractivity (Wildman–Crippen MR) is 55.2 cm³/mol. The fourth-order valence-corrected chi connectivity index (χ4v) is 1.38. The van der Waals surface area contributed by atoms with Gasteiger partial charge in [0, 0.05) is 17.5 Å². The Labute approximate surface area is 93.0 Å². The first kappa shape index (κ1) is 12.0. The van der Waals surface area contributed by atoms with Crippen molar-refractivity contribution in [3.8, 4) is 0 Å². The molecule has 1 rings (SSSR count). The first-order valence-corrected chi connectivity index (χ1v) is 5.02. The summed E-state index contributed by atoms with van der Waals surface area (Å²) in [5, 5.41) is 0.315. The minimum Gasteiger partial charge on any atom is -0.466 e. The van der Waals surface area contributed by atoms with Gasteiger partial charge in [0.05, 0.1) is 6.61 Å². The van der Waals surface area contributed by atoms with Crippen LogP contribution in [0.4, 0.5) is 4.39 Å². The number of esters is 1. The lowest BCUT2D eigenvalue weighted by Gasteiger charge is -2.03. The summed E-state index contributed by atoms with van der Waals surface area (Å²) in [7, 11) is 0. The molecule has 0 aliphatic carbocycles. The van der Waals surface area contributed by atoms with Gasteiger partial charge in [-0.05, 0) is 31.0 Å². The van der Waals surface area contributed by atoms with Gasteiger partial charge in [0.15, 0.2) is 0 Å². The number of benzene rings is 1. The van der Waals surface area contributed by atoms with Crippen LogP contribution in [0, 0.1) is 11.9 Å². The molecule has 0 atom stereocenters. The van der Waals surface area contributed by atoms with E-state index in [1.807, 2.05) is 0 Å². The second kappa shape index (κ2) is 5.71. The van der Waals surface area contributed by atoms with Crippen molar-refractivity contribution in [1.29, 1.82) is 0 Å². The quantitative estimate of drug-likeness (QED) is 0.743. The Balaban J connectivity index is 2.54. The molecule has 0 saturated heterocycles. The molecule has 1 aromatic rings. The van der Waals surface area contributed by atoms with Gasteiger partial charge in [0.2, 0.25) is 0 Å². The Morgan fingerprint density at radius 3 is 3.00 bits per heavy atom. The van der Waals surface area contributed by atoms with E-state index in [1.54, 1.807) is 6.92 Å². The molecule has 4 heteroatoms. The lowest BCUT2D eigenvalue weighted by Crippen LogP contribution is -2.05. The van der Waals surface area contributed by atoms with Crippen LogP contribution < -0.4 is 0 Å². The fourth-order valence-electron chi connectivity index (χ4n) is 1.13. The van der Waals surface area contributed by atoms with E-state index in [-0.39, 0.29) is 12.4 Å². The molecule has 0 aliphatic rings. The topological polar surface area (TPSA) is 26.3 Å².